The van der Waals surface area contributed by atoms with Gasteiger partial charge in [0.25, 0.3) is 11.4 Å². The maximum Gasteiger partial charge on any atom is 0.416 e. The zero-order valence-electron chi connectivity index (χ0n) is 33.7. The summed E-state index contributed by atoms with van der Waals surface area (Å²) in [6, 6.07) is 15.2. The molecule has 0 amide bonds. The second-order valence-corrected chi connectivity index (χ2v) is 13.5. The zero-order valence-corrected chi connectivity index (χ0v) is 33.7. The Morgan fingerprint density at radius 1 is 0.750 bits per heavy atom. The molecule has 3 rings (SSSR count). The Morgan fingerprint density at radius 2 is 1.25 bits per heavy atom. The van der Waals surface area contributed by atoms with E-state index in [1.807, 2.05) is 30.3 Å². The SMILES string of the molecule is CCCN(CCC)c1c([N+](=O)[O-])cc(C(F)(F)F)cc1[N+](=O)[O-].COc1ccc(CCN(C)CCCC(C#N)(c2ccc(OC)c(OC)c2)C(C)C)cc1OC. The van der Waals surface area contributed by atoms with Gasteiger partial charge in [0.2, 0.25) is 0 Å². The van der Waals surface area contributed by atoms with Crippen LogP contribution in [-0.4, -0.2) is 76.4 Å². The van der Waals surface area contributed by atoms with E-state index in [1.54, 1.807) is 42.3 Å². The molecule has 1 unspecified atom stereocenters. The summed E-state index contributed by atoms with van der Waals surface area (Å²) in [4.78, 5) is 24.0. The average Bonchev–Trinajstić information content (AvgIpc) is 3.17. The molecule has 308 valence electrons. The third-order valence-corrected chi connectivity index (χ3v) is 9.52. The molecule has 3 aromatic carbocycles. The highest BCUT2D eigenvalue weighted by Gasteiger charge is 2.39. The number of nitro benzene ring substituents is 2. The molecular weight excluding hydrogens is 735 g/mol. The number of benzene rings is 3. The topological polar surface area (TPSA) is 153 Å². The first kappa shape index (κ1) is 46.9. The first-order chi connectivity index (χ1) is 26.5. The number of halogens is 3. The van der Waals surface area contributed by atoms with E-state index in [2.05, 4.69) is 37.9 Å². The molecule has 0 aliphatic carbocycles. The molecular formula is C40H54F3N5O8. The summed E-state index contributed by atoms with van der Waals surface area (Å²) < 4.78 is 60.1. The van der Waals surface area contributed by atoms with Crippen molar-refractivity contribution in [2.75, 3.05) is 66.6 Å². The van der Waals surface area contributed by atoms with Gasteiger partial charge in [-0.2, -0.15) is 18.4 Å². The van der Waals surface area contributed by atoms with Crippen molar-refractivity contribution in [3.05, 3.63) is 85.4 Å². The Bertz CT molecular complexity index is 1760. The molecule has 16 heteroatoms. The van der Waals surface area contributed by atoms with Crippen molar-refractivity contribution < 1.29 is 42.0 Å². The maximum atomic E-state index is 12.8. The van der Waals surface area contributed by atoms with Crippen LogP contribution in [0.2, 0.25) is 0 Å². The minimum absolute atomic E-state index is 0.165. The van der Waals surface area contributed by atoms with Crippen molar-refractivity contribution >= 4 is 17.1 Å². The molecule has 0 aliphatic rings. The molecule has 56 heavy (non-hydrogen) atoms. The number of hydrogen-bond acceptors (Lipinski definition) is 11. The van der Waals surface area contributed by atoms with E-state index in [9.17, 15) is 38.7 Å². The van der Waals surface area contributed by atoms with E-state index in [0.29, 0.717) is 36.5 Å². The van der Waals surface area contributed by atoms with Gasteiger partial charge in [-0.25, -0.2) is 0 Å². The van der Waals surface area contributed by atoms with Crippen LogP contribution in [0.3, 0.4) is 0 Å². The normalized spacial score (nSPS) is 12.2. The summed E-state index contributed by atoms with van der Waals surface area (Å²) in [5.74, 6) is 2.99. The number of alkyl halides is 3. The summed E-state index contributed by atoms with van der Waals surface area (Å²) >= 11 is 0. The first-order valence-corrected chi connectivity index (χ1v) is 18.3. The molecule has 1 atom stereocenters. The van der Waals surface area contributed by atoms with E-state index in [0.717, 1.165) is 49.4 Å². The fourth-order valence-electron chi connectivity index (χ4n) is 6.47. The van der Waals surface area contributed by atoms with Gasteiger partial charge in [0.05, 0.1) is 55.3 Å². The third kappa shape index (κ3) is 12.1. The Hall–Kier alpha value is -5.30. The van der Waals surface area contributed by atoms with Gasteiger partial charge in [-0.1, -0.05) is 39.8 Å². The molecule has 0 aromatic heterocycles. The van der Waals surface area contributed by atoms with Gasteiger partial charge in [-0.15, -0.1) is 0 Å². The van der Waals surface area contributed by atoms with E-state index < -0.39 is 38.4 Å². The van der Waals surface area contributed by atoms with Crippen molar-refractivity contribution in [3.63, 3.8) is 0 Å². The Balaban J connectivity index is 0.000000413. The number of anilines is 1. The zero-order chi connectivity index (χ0) is 42.2. The lowest BCUT2D eigenvalue weighted by Crippen LogP contribution is -2.32. The van der Waals surface area contributed by atoms with Crippen molar-refractivity contribution in [1.82, 2.24) is 4.90 Å². The summed E-state index contributed by atoms with van der Waals surface area (Å²) in [7, 11) is 8.67. The molecule has 0 bridgehead atoms. The number of rotatable bonds is 20. The third-order valence-electron chi connectivity index (χ3n) is 9.52. The second-order valence-electron chi connectivity index (χ2n) is 13.5. The largest absolute Gasteiger partial charge is 0.493 e. The number of nitrogens with zero attached hydrogens (tertiary/aromatic N) is 5. The minimum atomic E-state index is -4.91. The molecule has 0 heterocycles. The van der Waals surface area contributed by atoms with Gasteiger partial charge in [-0.05, 0) is 87.0 Å². The van der Waals surface area contributed by atoms with Gasteiger partial charge < -0.3 is 28.7 Å². The molecule has 0 saturated carbocycles. The fraction of sp³-hybridized carbons (Fsp3) is 0.525. The van der Waals surface area contributed by atoms with E-state index >= 15 is 0 Å². The molecule has 13 nitrogen and oxygen atoms in total. The van der Waals surface area contributed by atoms with Gasteiger partial charge in [-0.3, -0.25) is 20.2 Å². The Kier molecular flexibility index (Phi) is 18.2. The first-order valence-electron chi connectivity index (χ1n) is 18.3. The smallest absolute Gasteiger partial charge is 0.416 e. The van der Waals surface area contributed by atoms with Crippen LogP contribution < -0.4 is 23.8 Å². The molecule has 0 radical (unpaired) electrons. The van der Waals surface area contributed by atoms with Gasteiger partial charge in [0.1, 0.15) is 0 Å². The van der Waals surface area contributed by atoms with E-state index in [1.165, 1.54) is 10.5 Å². The summed E-state index contributed by atoms with van der Waals surface area (Å²) in [6.45, 7) is 10.1. The number of nitriles is 1. The van der Waals surface area contributed by atoms with Gasteiger partial charge in [0.15, 0.2) is 28.7 Å². The summed E-state index contributed by atoms with van der Waals surface area (Å²) in [6.07, 6.45) is -1.22. The second kappa shape index (κ2) is 21.7. The highest BCUT2D eigenvalue weighted by atomic mass is 19.4. The molecule has 0 fully saturated rings. The van der Waals surface area contributed by atoms with Crippen molar-refractivity contribution in [2.45, 2.75) is 71.4 Å². The van der Waals surface area contributed by atoms with Crippen LogP contribution in [0.25, 0.3) is 0 Å². The quantitative estimate of drug-likeness (QED) is 0.0795. The molecule has 3 aromatic rings. The maximum absolute atomic E-state index is 12.8. The van der Waals surface area contributed by atoms with Crippen LogP contribution in [0.5, 0.6) is 23.0 Å². The van der Waals surface area contributed by atoms with Crippen molar-refractivity contribution in [1.29, 1.82) is 5.26 Å². The highest BCUT2D eigenvalue weighted by Crippen LogP contribution is 2.44. The predicted octanol–water partition coefficient (Wildman–Crippen LogP) is 9.24. The number of hydrogen-bond donors (Lipinski definition) is 0. The lowest BCUT2D eigenvalue weighted by Gasteiger charge is -2.32. The number of likely N-dealkylation sites (N-methyl/N-ethyl adjacent to an activating group) is 1. The standard InChI is InChI=1S/C27H38N2O4.C13H16F3N3O4/c1-20(2)27(19-28,22-10-12-24(31-5)26(18-22)33-7)14-8-15-29(3)16-13-21-9-11-23(30-4)25(17-21)32-6;1-3-5-17(6-4-2)12-10(18(20)21)7-9(13(14,15)16)8-11(12)19(22)23/h9-12,17-18,20H,8,13-16H2,1-7H3;7-8H,3-6H2,1-2H3. The predicted molar refractivity (Wildman–Crippen MR) is 209 cm³/mol. The molecule has 0 saturated heterocycles. The van der Waals surface area contributed by atoms with Gasteiger partial charge in [0, 0.05) is 31.8 Å². The average molecular weight is 790 g/mol. The van der Waals surface area contributed by atoms with Crippen molar-refractivity contribution in [2.24, 2.45) is 5.92 Å². The van der Waals surface area contributed by atoms with Crippen LogP contribution in [0.15, 0.2) is 48.5 Å². The minimum Gasteiger partial charge on any atom is -0.493 e. The van der Waals surface area contributed by atoms with Crippen LogP contribution in [0.1, 0.15) is 70.1 Å². The molecule has 0 spiro atoms. The summed E-state index contributed by atoms with van der Waals surface area (Å²) in [5, 5.41) is 32.6. The number of nitro groups is 2. The highest BCUT2D eigenvalue weighted by molar-refractivity contribution is 5.76. The Labute approximate surface area is 327 Å². The van der Waals surface area contributed by atoms with E-state index in [4.69, 9.17) is 18.9 Å². The monoisotopic (exact) mass is 789 g/mol. The van der Waals surface area contributed by atoms with Crippen molar-refractivity contribution in [3.8, 4) is 29.1 Å². The number of methoxy groups -OCH3 is 4. The Morgan fingerprint density at radius 3 is 1.68 bits per heavy atom. The van der Waals surface area contributed by atoms with Crippen LogP contribution in [0, 0.1) is 37.5 Å². The molecule has 0 N–H and O–H groups in total. The van der Waals surface area contributed by atoms with E-state index in [-0.39, 0.29) is 24.7 Å². The van der Waals surface area contributed by atoms with Crippen LogP contribution in [-0.2, 0) is 18.0 Å². The van der Waals surface area contributed by atoms with Gasteiger partial charge >= 0.3 is 6.18 Å². The fourth-order valence-corrected chi connectivity index (χ4v) is 6.47. The lowest BCUT2D eigenvalue weighted by molar-refractivity contribution is -0.393. The molecule has 0 aliphatic heterocycles. The number of ether oxygens (including phenoxy) is 4. The van der Waals surface area contributed by atoms with Crippen LogP contribution in [0.4, 0.5) is 30.2 Å². The van der Waals surface area contributed by atoms with Crippen LogP contribution >= 0.6 is 0 Å². The lowest BCUT2D eigenvalue weighted by atomic mass is 9.69. The summed E-state index contributed by atoms with van der Waals surface area (Å²) in [5.41, 5.74) is -2.00.